The number of para-hydroxylation sites is 1. The summed E-state index contributed by atoms with van der Waals surface area (Å²) >= 11 is 0. The Morgan fingerprint density at radius 1 is 1.07 bits per heavy atom. The van der Waals surface area contributed by atoms with E-state index in [4.69, 9.17) is 15.5 Å². The van der Waals surface area contributed by atoms with E-state index < -0.39 is 22.5 Å². The van der Waals surface area contributed by atoms with Gasteiger partial charge in [0, 0.05) is 30.0 Å². The molecule has 0 saturated heterocycles. The molecule has 0 unspecified atom stereocenters. The summed E-state index contributed by atoms with van der Waals surface area (Å²) in [5, 5.41) is 4.00. The molecule has 206 valence electrons. The second-order valence-corrected chi connectivity index (χ2v) is 11.1. The van der Waals surface area contributed by atoms with Crippen molar-refractivity contribution in [1.29, 1.82) is 0 Å². The van der Waals surface area contributed by atoms with Gasteiger partial charge in [0.1, 0.15) is 17.3 Å². The number of pyridine rings is 1. The van der Waals surface area contributed by atoms with Gasteiger partial charge in [0.05, 0.1) is 35.4 Å². The molecule has 10 nitrogen and oxygen atoms in total. The molecule has 5 aromatic rings. The van der Waals surface area contributed by atoms with Crippen molar-refractivity contribution < 1.29 is 17.9 Å². The topological polar surface area (TPSA) is 132 Å². The minimum atomic E-state index is -4.21. The van der Waals surface area contributed by atoms with Crippen molar-refractivity contribution in [2.45, 2.75) is 24.8 Å². The van der Waals surface area contributed by atoms with Crippen LogP contribution in [0.15, 0.2) is 83.9 Å². The first-order valence-electron chi connectivity index (χ1n) is 12.8. The van der Waals surface area contributed by atoms with E-state index in [0.717, 1.165) is 21.3 Å². The van der Waals surface area contributed by atoms with Crippen molar-refractivity contribution in [3.63, 3.8) is 0 Å². The molecule has 3 N–H and O–H groups in total. The Labute approximate surface area is 232 Å². The summed E-state index contributed by atoms with van der Waals surface area (Å²) < 4.78 is 36.4. The number of rotatable bonds is 10. The number of nitrogens with zero attached hydrogens (tertiary/aromatic N) is 4. The van der Waals surface area contributed by atoms with E-state index >= 15 is 0 Å². The standard InChI is InChI=1S/C29H30N6O4S/c1-3-16-39-28(36)19-35(40(37,38)26-8-4-6-20-7-5-15-31-29(20)26)23-13-14-25-24(17-23)33-27(34(25)2)18-32-22-11-9-21(30)10-12-22/h4-15,17,32H,3,16,18-19,30H2,1-2H3. The highest BCUT2D eigenvalue weighted by atomic mass is 32.2. The maximum Gasteiger partial charge on any atom is 0.326 e. The number of hydrogen-bond donors (Lipinski definition) is 2. The van der Waals surface area contributed by atoms with E-state index in [9.17, 15) is 13.2 Å². The number of aromatic nitrogens is 3. The van der Waals surface area contributed by atoms with Crippen LogP contribution in [0.25, 0.3) is 21.9 Å². The van der Waals surface area contributed by atoms with Crippen LogP contribution in [0, 0.1) is 0 Å². The van der Waals surface area contributed by atoms with E-state index in [1.54, 1.807) is 48.7 Å². The highest BCUT2D eigenvalue weighted by molar-refractivity contribution is 7.93. The number of anilines is 3. The molecule has 0 aliphatic heterocycles. The van der Waals surface area contributed by atoms with Crippen LogP contribution in [0.1, 0.15) is 19.2 Å². The molecular formula is C29H30N6O4S. The lowest BCUT2D eigenvalue weighted by molar-refractivity contribution is -0.141. The third-order valence-corrected chi connectivity index (χ3v) is 8.32. The third kappa shape index (κ3) is 5.41. The van der Waals surface area contributed by atoms with E-state index in [1.165, 1.54) is 6.07 Å². The Kier molecular flexibility index (Phi) is 7.56. The molecule has 40 heavy (non-hydrogen) atoms. The molecule has 0 aliphatic carbocycles. The predicted octanol–water partition coefficient (Wildman–Crippen LogP) is 4.46. The fraction of sp³-hybridized carbons (Fsp3) is 0.207. The monoisotopic (exact) mass is 558 g/mol. The Bertz CT molecular complexity index is 1780. The summed E-state index contributed by atoms with van der Waals surface area (Å²) in [6, 6.07) is 21.0. The molecule has 5 rings (SSSR count). The van der Waals surface area contributed by atoms with Gasteiger partial charge >= 0.3 is 5.97 Å². The lowest BCUT2D eigenvalue weighted by atomic mass is 10.2. The first-order chi connectivity index (χ1) is 19.3. The molecule has 3 aromatic carbocycles. The van der Waals surface area contributed by atoms with Crippen molar-refractivity contribution in [3.05, 3.63) is 84.8 Å². The molecule has 0 atom stereocenters. The fourth-order valence-corrected chi connectivity index (χ4v) is 6.00. The van der Waals surface area contributed by atoms with Gasteiger partial charge in [-0.05, 0) is 61.0 Å². The van der Waals surface area contributed by atoms with Crippen LogP contribution in [0.4, 0.5) is 17.1 Å². The van der Waals surface area contributed by atoms with E-state index in [2.05, 4.69) is 10.3 Å². The van der Waals surface area contributed by atoms with Gasteiger partial charge in [0.2, 0.25) is 0 Å². The maximum atomic E-state index is 14.1. The number of fused-ring (bicyclic) bond motifs is 2. The lowest BCUT2D eigenvalue weighted by Gasteiger charge is -2.24. The van der Waals surface area contributed by atoms with Gasteiger partial charge in [0.25, 0.3) is 10.0 Å². The average Bonchev–Trinajstić information content (AvgIpc) is 3.28. The first kappa shape index (κ1) is 26.9. The number of nitrogens with one attached hydrogen (secondary N) is 1. The third-order valence-electron chi connectivity index (χ3n) is 6.51. The number of nitrogens with two attached hydrogens (primary N) is 1. The molecule has 0 aliphatic rings. The highest BCUT2D eigenvalue weighted by Crippen LogP contribution is 2.30. The number of aryl methyl sites for hydroxylation is 1. The Morgan fingerprint density at radius 3 is 2.62 bits per heavy atom. The van der Waals surface area contributed by atoms with Crippen LogP contribution in [-0.2, 0) is 33.1 Å². The molecule has 0 radical (unpaired) electrons. The zero-order valence-electron chi connectivity index (χ0n) is 22.2. The van der Waals surface area contributed by atoms with Gasteiger partial charge in [0.15, 0.2) is 0 Å². The van der Waals surface area contributed by atoms with E-state index in [0.29, 0.717) is 40.8 Å². The number of ether oxygens (including phenoxy) is 1. The van der Waals surface area contributed by atoms with Crippen molar-refractivity contribution in [1.82, 2.24) is 14.5 Å². The summed E-state index contributed by atoms with van der Waals surface area (Å²) in [4.78, 5) is 21.8. The van der Waals surface area contributed by atoms with Gasteiger partial charge in [-0.2, -0.15) is 0 Å². The normalized spacial score (nSPS) is 11.6. The molecule has 11 heteroatoms. The molecule has 0 amide bonds. The fourth-order valence-electron chi connectivity index (χ4n) is 4.43. The first-order valence-corrected chi connectivity index (χ1v) is 14.3. The highest BCUT2D eigenvalue weighted by Gasteiger charge is 2.30. The molecule has 0 saturated carbocycles. The number of imidazole rings is 1. The van der Waals surface area contributed by atoms with E-state index in [-0.39, 0.29) is 11.5 Å². The summed E-state index contributed by atoms with van der Waals surface area (Å²) in [7, 11) is -2.31. The Morgan fingerprint density at radius 2 is 1.85 bits per heavy atom. The number of carbonyl (C=O) groups excluding carboxylic acids is 1. The van der Waals surface area contributed by atoms with Gasteiger partial charge in [-0.1, -0.05) is 25.1 Å². The van der Waals surface area contributed by atoms with Crippen molar-refractivity contribution >= 4 is 55.0 Å². The van der Waals surface area contributed by atoms with Gasteiger partial charge in [-0.3, -0.25) is 14.1 Å². The van der Waals surface area contributed by atoms with Gasteiger partial charge < -0.3 is 20.4 Å². The summed E-state index contributed by atoms with van der Waals surface area (Å²) in [6.07, 6.45) is 2.17. The smallest absolute Gasteiger partial charge is 0.326 e. The largest absolute Gasteiger partial charge is 0.464 e. The van der Waals surface area contributed by atoms with Gasteiger partial charge in [-0.15, -0.1) is 0 Å². The van der Waals surface area contributed by atoms with Crippen LogP contribution in [0.2, 0.25) is 0 Å². The quantitative estimate of drug-likeness (QED) is 0.190. The molecule has 2 aromatic heterocycles. The number of nitrogen functional groups attached to an aromatic ring is 1. The number of sulfonamides is 1. The van der Waals surface area contributed by atoms with Crippen molar-refractivity contribution in [2.75, 3.05) is 28.5 Å². The predicted molar refractivity (Wildman–Crippen MR) is 156 cm³/mol. The summed E-state index contributed by atoms with van der Waals surface area (Å²) in [5.41, 5.74) is 9.38. The summed E-state index contributed by atoms with van der Waals surface area (Å²) in [6.45, 7) is 2.03. The summed E-state index contributed by atoms with van der Waals surface area (Å²) in [5.74, 6) is 0.104. The van der Waals surface area contributed by atoms with Crippen LogP contribution >= 0.6 is 0 Å². The number of hydrogen-bond acceptors (Lipinski definition) is 8. The van der Waals surface area contributed by atoms with Crippen LogP contribution < -0.4 is 15.4 Å². The Hall–Kier alpha value is -4.64. The maximum absolute atomic E-state index is 14.1. The van der Waals surface area contributed by atoms with Crippen molar-refractivity contribution in [3.8, 4) is 0 Å². The minimum absolute atomic E-state index is 0.00314. The SMILES string of the molecule is CCCOC(=O)CN(c1ccc2c(c1)nc(CNc1ccc(N)cc1)n2C)S(=O)(=O)c1cccc2cccnc12. The molecule has 0 spiro atoms. The van der Waals surface area contributed by atoms with Crippen LogP contribution in [0.5, 0.6) is 0 Å². The number of benzene rings is 3. The van der Waals surface area contributed by atoms with Crippen LogP contribution in [-0.4, -0.2) is 42.1 Å². The Balaban J connectivity index is 1.53. The molecule has 0 bridgehead atoms. The number of esters is 1. The molecular weight excluding hydrogens is 528 g/mol. The van der Waals surface area contributed by atoms with E-state index in [1.807, 2.05) is 42.8 Å². The van der Waals surface area contributed by atoms with Gasteiger partial charge in [-0.25, -0.2) is 13.4 Å². The second kappa shape index (κ2) is 11.2. The molecule has 0 fully saturated rings. The minimum Gasteiger partial charge on any atom is -0.464 e. The average molecular weight is 559 g/mol. The van der Waals surface area contributed by atoms with Crippen molar-refractivity contribution in [2.24, 2.45) is 7.05 Å². The number of carbonyl (C=O) groups is 1. The van der Waals surface area contributed by atoms with Crippen LogP contribution in [0.3, 0.4) is 0 Å². The second-order valence-electron chi connectivity index (χ2n) is 9.30. The zero-order valence-corrected chi connectivity index (χ0v) is 23.1. The zero-order chi connectivity index (χ0) is 28.3. The molecule has 2 heterocycles. The lowest BCUT2D eigenvalue weighted by Crippen LogP contribution is -2.36.